The maximum atomic E-state index is 2.63. The molecule has 0 radical (unpaired) electrons. The zero-order chi connectivity index (χ0) is 8.67. The molecule has 0 N–H and O–H groups in total. The highest BCUT2D eigenvalue weighted by atomic mass is 32.1. The molecule has 0 atom stereocenters. The first-order valence-electron chi connectivity index (χ1n) is 5.19. The molecule has 0 spiro atoms. The summed E-state index contributed by atoms with van der Waals surface area (Å²) in [5, 5.41) is 2.24. The normalized spacial score (nSPS) is 23.1. The van der Waals surface area contributed by atoms with Crippen molar-refractivity contribution < 1.29 is 0 Å². The number of nitrogens with zero attached hydrogens (tertiary/aromatic N) is 1. The van der Waals surface area contributed by atoms with Gasteiger partial charge in [-0.05, 0) is 42.2 Å². The lowest BCUT2D eigenvalue weighted by Crippen LogP contribution is -2.31. The van der Waals surface area contributed by atoms with Crippen LogP contribution < -0.4 is 0 Å². The highest BCUT2D eigenvalue weighted by Crippen LogP contribution is 2.32. The minimum atomic E-state index is 1.04. The Morgan fingerprint density at radius 3 is 3.23 bits per heavy atom. The van der Waals surface area contributed by atoms with Crippen molar-refractivity contribution in [2.45, 2.75) is 25.8 Å². The average molecular weight is 193 g/mol. The monoisotopic (exact) mass is 193 g/mol. The number of hydrogen-bond donors (Lipinski definition) is 0. The summed E-state index contributed by atoms with van der Waals surface area (Å²) < 4.78 is 0. The van der Waals surface area contributed by atoms with Crippen LogP contribution in [0.15, 0.2) is 11.4 Å². The molecule has 1 nitrogen and oxygen atoms in total. The summed E-state index contributed by atoms with van der Waals surface area (Å²) in [6, 6.07) is 2.30. The molecular weight excluding hydrogens is 178 g/mol. The Bertz CT molecular complexity index is 301. The van der Waals surface area contributed by atoms with E-state index in [9.17, 15) is 0 Å². The van der Waals surface area contributed by atoms with Crippen LogP contribution in [-0.4, -0.2) is 18.0 Å². The van der Waals surface area contributed by atoms with Crippen LogP contribution in [0.2, 0.25) is 0 Å². The molecule has 70 valence electrons. The number of rotatable bonds is 2. The molecule has 0 bridgehead atoms. The van der Waals surface area contributed by atoms with Gasteiger partial charge in [-0.1, -0.05) is 0 Å². The largest absolute Gasteiger partial charge is 0.298 e. The van der Waals surface area contributed by atoms with Gasteiger partial charge < -0.3 is 0 Å². The first kappa shape index (κ1) is 8.01. The first-order chi connectivity index (χ1) is 6.42. The average Bonchev–Trinajstić information content (AvgIpc) is 2.83. The van der Waals surface area contributed by atoms with E-state index in [2.05, 4.69) is 16.3 Å². The van der Waals surface area contributed by atoms with Crippen LogP contribution in [0.25, 0.3) is 0 Å². The summed E-state index contributed by atoms with van der Waals surface area (Å²) in [5.74, 6) is 1.04. The van der Waals surface area contributed by atoms with E-state index in [1.165, 1.54) is 38.9 Å². The van der Waals surface area contributed by atoms with Gasteiger partial charge in [0.25, 0.3) is 0 Å². The molecule has 0 aromatic carbocycles. The summed E-state index contributed by atoms with van der Waals surface area (Å²) in [7, 11) is 0. The third kappa shape index (κ3) is 1.65. The van der Waals surface area contributed by atoms with E-state index in [0.29, 0.717) is 0 Å². The predicted octanol–water partition coefficient (Wildman–Crippen LogP) is 2.52. The van der Waals surface area contributed by atoms with E-state index >= 15 is 0 Å². The van der Waals surface area contributed by atoms with E-state index in [1.807, 2.05) is 11.3 Å². The molecule has 1 saturated carbocycles. The second-order valence-corrected chi connectivity index (χ2v) is 5.30. The van der Waals surface area contributed by atoms with Crippen molar-refractivity contribution in [3.05, 3.63) is 21.9 Å². The predicted molar refractivity (Wildman–Crippen MR) is 56.0 cm³/mol. The Morgan fingerprint density at radius 1 is 1.46 bits per heavy atom. The Balaban J connectivity index is 1.69. The molecule has 3 rings (SSSR count). The second-order valence-electron chi connectivity index (χ2n) is 4.30. The molecule has 0 unspecified atom stereocenters. The minimum absolute atomic E-state index is 1.04. The zero-order valence-electron chi connectivity index (χ0n) is 7.83. The van der Waals surface area contributed by atoms with Crippen LogP contribution >= 0.6 is 11.3 Å². The number of fused-ring (bicyclic) bond motifs is 1. The SMILES string of the molecule is c1cc2c(s1)CCN(CC1CC1)C2. The molecule has 1 aromatic heterocycles. The topological polar surface area (TPSA) is 3.24 Å². The van der Waals surface area contributed by atoms with Gasteiger partial charge in [0, 0.05) is 24.5 Å². The summed E-state index contributed by atoms with van der Waals surface area (Å²) in [6.07, 6.45) is 4.25. The molecular formula is C11H15NS. The molecule has 1 aliphatic carbocycles. The zero-order valence-corrected chi connectivity index (χ0v) is 8.65. The highest BCUT2D eigenvalue weighted by Gasteiger charge is 2.26. The van der Waals surface area contributed by atoms with Crippen molar-refractivity contribution in [2.24, 2.45) is 5.92 Å². The lowest BCUT2D eigenvalue weighted by molar-refractivity contribution is 0.246. The summed E-state index contributed by atoms with van der Waals surface area (Å²) in [4.78, 5) is 4.26. The maximum absolute atomic E-state index is 2.63. The van der Waals surface area contributed by atoms with Gasteiger partial charge in [0.05, 0.1) is 0 Å². The van der Waals surface area contributed by atoms with E-state index in [1.54, 1.807) is 10.4 Å². The molecule has 2 heteroatoms. The molecule has 1 aromatic rings. The van der Waals surface area contributed by atoms with Crippen molar-refractivity contribution in [3.63, 3.8) is 0 Å². The molecule has 2 heterocycles. The third-order valence-electron chi connectivity index (χ3n) is 3.10. The van der Waals surface area contributed by atoms with Crippen molar-refractivity contribution in [1.82, 2.24) is 4.90 Å². The Morgan fingerprint density at radius 2 is 2.38 bits per heavy atom. The first-order valence-corrected chi connectivity index (χ1v) is 6.07. The molecule has 1 aliphatic heterocycles. The number of hydrogen-bond acceptors (Lipinski definition) is 2. The van der Waals surface area contributed by atoms with Crippen LogP contribution in [0.5, 0.6) is 0 Å². The summed E-state index contributed by atoms with van der Waals surface area (Å²) in [6.45, 7) is 3.87. The molecule has 0 amide bonds. The van der Waals surface area contributed by atoms with Gasteiger partial charge in [-0.15, -0.1) is 11.3 Å². The van der Waals surface area contributed by atoms with Crippen LogP contribution in [0.4, 0.5) is 0 Å². The van der Waals surface area contributed by atoms with Gasteiger partial charge in [-0.25, -0.2) is 0 Å². The van der Waals surface area contributed by atoms with E-state index in [-0.39, 0.29) is 0 Å². The standard InChI is InChI=1S/C11H15NS/c1-2-9(1)7-12-5-3-11-10(8-12)4-6-13-11/h4,6,9H,1-3,5,7-8H2. The van der Waals surface area contributed by atoms with Crippen LogP contribution in [0, 0.1) is 5.92 Å². The fourth-order valence-corrected chi connectivity index (χ4v) is 3.02. The molecule has 1 fully saturated rings. The van der Waals surface area contributed by atoms with Gasteiger partial charge in [-0.3, -0.25) is 4.90 Å². The van der Waals surface area contributed by atoms with E-state index in [4.69, 9.17) is 0 Å². The van der Waals surface area contributed by atoms with Crippen molar-refractivity contribution >= 4 is 11.3 Å². The molecule has 0 saturated heterocycles. The molecule has 2 aliphatic rings. The Kier molecular flexibility index (Phi) is 1.91. The summed E-state index contributed by atoms with van der Waals surface area (Å²) in [5.41, 5.74) is 1.59. The van der Waals surface area contributed by atoms with Gasteiger partial charge in [-0.2, -0.15) is 0 Å². The van der Waals surface area contributed by atoms with Gasteiger partial charge >= 0.3 is 0 Å². The molecule has 13 heavy (non-hydrogen) atoms. The van der Waals surface area contributed by atoms with Crippen molar-refractivity contribution in [1.29, 1.82) is 0 Å². The van der Waals surface area contributed by atoms with Gasteiger partial charge in [0.15, 0.2) is 0 Å². The van der Waals surface area contributed by atoms with E-state index in [0.717, 1.165) is 5.92 Å². The van der Waals surface area contributed by atoms with Gasteiger partial charge in [0.1, 0.15) is 0 Å². The lowest BCUT2D eigenvalue weighted by Gasteiger charge is -2.26. The number of thiophene rings is 1. The van der Waals surface area contributed by atoms with Crippen molar-refractivity contribution in [3.8, 4) is 0 Å². The summed E-state index contributed by atoms with van der Waals surface area (Å²) >= 11 is 1.94. The van der Waals surface area contributed by atoms with Crippen molar-refractivity contribution in [2.75, 3.05) is 13.1 Å². The fourth-order valence-electron chi connectivity index (χ4n) is 2.13. The fraction of sp³-hybridized carbons (Fsp3) is 0.636. The third-order valence-corrected chi connectivity index (χ3v) is 4.12. The van der Waals surface area contributed by atoms with Crippen LogP contribution in [0.1, 0.15) is 23.3 Å². The Labute approximate surface area is 83.4 Å². The van der Waals surface area contributed by atoms with Crippen LogP contribution in [-0.2, 0) is 13.0 Å². The minimum Gasteiger partial charge on any atom is -0.298 e. The smallest absolute Gasteiger partial charge is 0.0245 e. The Hall–Kier alpha value is -0.340. The van der Waals surface area contributed by atoms with Crippen LogP contribution in [0.3, 0.4) is 0 Å². The lowest BCUT2D eigenvalue weighted by atomic mass is 10.1. The highest BCUT2D eigenvalue weighted by molar-refractivity contribution is 7.10. The van der Waals surface area contributed by atoms with Gasteiger partial charge in [0.2, 0.25) is 0 Å². The maximum Gasteiger partial charge on any atom is 0.0245 e. The van der Waals surface area contributed by atoms with E-state index < -0.39 is 0 Å². The quantitative estimate of drug-likeness (QED) is 0.697. The second kappa shape index (κ2) is 3.10.